The van der Waals surface area contributed by atoms with E-state index in [1.165, 1.54) is 6.92 Å². The van der Waals surface area contributed by atoms with Crippen LogP contribution in [0.25, 0.3) is 0 Å². The van der Waals surface area contributed by atoms with Crippen molar-refractivity contribution >= 4 is 15.2 Å². The molecule has 0 heterocycles. The molecule has 0 saturated carbocycles. The van der Waals surface area contributed by atoms with Gasteiger partial charge in [-0.25, -0.2) is 0 Å². The van der Waals surface area contributed by atoms with Gasteiger partial charge in [-0.15, -0.1) is 0 Å². The summed E-state index contributed by atoms with van der Waals surface area (Å²) >= 11 is 0. The molecule has 0 saturated heterocycles. The highest BCUT2D eigenvalue weighted by Gasteiger charge is 2.32. The van der Waals surface area contributed by atoms with Crippen molar-refractivity contribution in [3.8, 4) is 0 Å². The van der Waals surface area contributed by atoms with Gasteiger partial charge in [0.15, 0.2) is 0 Å². The van der Waals surface area contributed by atoms with E-state index in [1.54, 1.807) is 0 Å². The van der Waals surface area contributed by atoms with Gasteiger partial charge in [-0.05, 0) is 6.42 Å². The minimum Gasteiger partial charge on any atom is -0.324 e. The molecule has 9 heteroatoms. The second-order valence-corrected chi connectivity index (χ2v) is 6.73. The zero-order valence-corrected chi connectivity index (χ0v) is 8.73. The van der Waals surface area contributed by atoms with Crippen LogP contribution in [-0.2, 0) is 9.13 Å². The molecule has 0 bridgehead atoms. The van der Waals surface area contributed by atoms with Crippen molar-refractivity contribution in [1.82, 2.24) is 0 Å². The van der Waals surface area contributed by atoms with E-state index < -0.39 is 33.1 Å². The maximum absolute atomic E-state index is 10.6. The highest BCUT2D eigenvalue weighted by Crippen LogP contribution is 2.48. The zero-order valence-electron chi connectivity index (χ0n) is 6.94. The predicted octanol–water partition coefficient (Wildman–Crippen LogP) is -0.595. The summed E-state index contributed by atoms with van der Waals surface area (Å²) in [6.07, 6.45) is -0.408. The molecule has 0 aromatic heterocycles. The largest absolute Gasteiger partial charge is 0.342 e. The molecular formula is C4H13NO6P2. The summed E-state index contributed by atoms with van der Waals surface area (Å²) in [7, 11) is -8.75. The average Bonchev–Trinajstić information content (AvgIpc) is 1.82. The van der Waals surface area contributed by atoms with Crippen LogP contribution in [0.3, 0.4) is 0 Å². The maximum Gasteiger partial charge on any atom is 0.342 e. The third-order valence-corrected chi connectivity index (χ3v) is 4.02. The Hall–Kier alpha value is 0.260. The molecule has 0 radical (unpaired) electrons. The normalized spacial score (nSPS) is 18.3. The van der Waals surface area contributed by atoms with Crippen LogP contribution in [0.5, 0.6) is 0 Å². The molecule has 2 unspecified atom stereocenters. The van der Waals surface area contributed by atoms with Crippen LogP contribution >= 0.6 is 15.2 Å². The maximum atomic E-state index is 10.6. The lowest BCUT2D eigenvalue weighted by Crippen LogP contribution is -2.24. The van der Waals surface area contributed by atoms with Crippen LogP contribution in [0, 0.1) is 0 Å². The van der Waals surface area contributed by atoms with Gasteiger partial charge >= 0.3 is 15.2 Å². The van der Waals surface area contributed by atoms with Gasteiger partial charge in [0.05, 0.1) is 5.66 Å². The molecule has 0 spiro atoms. The van der Waals surface area contributed by atoms with Crippen molar-refractivity contribution in [3.63, 3.8) is 0 Å². The minimum absolute atomic E-state index is 0.408. The van der Waals surface area contributed by atoms with Gasteiger partial charge < -0.3 is 25.3 Å². The van der Waals surface area contributed by atoms with Gasteiger partial charge in [0.1, 0.15) is 5.78 Å². The fourth-order valence-corrected chi connectivity index (χ4v) is 1.88. The Morgan fingerprint density at radius 3 is 1.77 bits per heavy atom. The van der Waals surface area contributed by atoms with E-state index in [-0.39, 0.29) is 0 Å². The van der Waals surface area contributed by atoms with E-state index in [0.717, 1.165) is 0 Å². The van der Waals surface area contributed by atoms with Crippen molar-refractivity contribution in [2.75, 3.05) is 0 Å². The summed E-state index contributed by atoms with van der Waals surface area (Å²) in [5, 5.41) is 0. The zero-order chi connectivity index (χ0) is 10.9. The van der Waals surface area contributed by atoms with Crippen molar-refractivity contribution in [2.45, 2.75) is 24.8 Å². The lowest BCUT2D eigenvalue weighted by Gasteiger charge is -2.18. The fraction of sp³-hybridized carbons (Fsp3) is 1.00. The monoisotopic (exact) mass is 233 g/mol. The highest BCUT2D eigenvalue weighted by molar-refractivity contribution is 7.53. The number of rotatable bonds is 4. The van der Waals surface area contributed by atoms with Crippen LogP contribution < -0.4 is 5.73 Å². The summed E-state index contributed by atoms with van der Waals surface area (Å²) in [5.74, 6) is -1.52. The minimum atomic E-state index is -4.45. The van der Waals surface area contributed by atoms with Gasteiger partial charge in [0.2, 0.25) is 0 Å². The first-order valence-electron chi connectivity index (χ1n) is 3.41. The Kier molecular flexibility index (Phi) is 4.27. The molecular weight excluding hydrogens is 220 g/mol. The predicted molar refractivity (Wildman–Crippen MR) is 46.1 cm³/mol. The Balaban J connectivity index is 4.32. The highest BCUT2D eigenvalue weighted by atomic mass is 31.2. The van der Waals surface area contributed by atoms with E-state index >= 15 is 0 Å². The molecule has 80 valence electrons. The molecule has 0 aromatic rings. The topological polar surface area (TPSA) is 141 Å². The molecule has 0 aliphatic carbocycles. The lowest BCUT2D eigenvalue weighted by atomic mass is 10.3. The van der Waals surface area contributed by atoms with E-state index in [2.05, 4.69) is 0 Å². The van der Waals surface area contributed by atoms with Gasteiger partial charge in [-0.3, -0.25) is 9.13 Å². The molecule has 6 N–H and O–H groups in total. The van der Waals surface area contributed by atoms with Crippen LogP contribution in [0.15, 0.2) is 0 Å². The quantitative estimate of drug-likeness (QED) is 0.408. The van der Waals surface area contributed by atoms with E-state index in [0.29, 0.717) is 0 Å². The van der Waals surface area contributed by atoms with Crippen LogP contribution in [0.4, 0.5) is 0 Å². The van der Waals surface area contributed by atoms with E-state index in [1.807, 2.05) is 0 Å². The summed E-state index contributed by atoms with van der Waals surface area (Å²) in [6.45, 7) is 1.19. The van der Waals surface area contributed by atoms with Crippen molar-refractivity contribution in [3.05, 3.63) is 0 Å². The lowest BCUT2D eigenvalue weighted by molar-refractivity contribution is 0.342. The third-order valence-electron chi connectivity index (χ3n) is 1.59. The van der Waals surface area contributed by atoms with Crippen molar-refractivity contribution < 1.29 is 28.7 Å². The number of hydrogen-bond donors (Lipinski definition) is 5. The van der Waals surface area contributed by atoms with Crippen LogP contribution in [0.1, 0.15) is 13.3 Å². The molecule has 7 nitrogen and oxygen atoms in total. The molecule has 0 amide bonds. The number of hydrogen-bond acceptors (Lipinski definition) is 3. The molecule has 0 aliphatic rings. The van der Waals surface area contributed by atoms with Gasteiger partial charge in [-0.1, -0.05) is 6.92 Å². The van der Waals surface area contributed by atoms with Gasteiger partial charge in [0.25, 0.3) is 0 Å². The first kappa shape index (κ1) is 13.3. The second-order valence-electron chi connectivity index (χ2n) is 2.83. The molecule has 2 atom stereocenters. The van der Waals surface area contributed by atoms with Crippen molar-refractivity contribution in [2.24, 2.45) is 5.73 Å². The van der Waals surface area contributed by atoms with E-state index in [4.69, 9.17) is 25.3 Å². The Morgan fingerprint density at radius 1 is 1.15 bits per heavy atom. The summed E-state index contributed by atoms with van der Waals surface area (Å²) < 4.78 is 21.1. The molecule has 0 aliphatic heterocycles. The van der Waals surface area contributed by atoms with Gasteiger partial charge in [-0.2, -0.15) is 0 Å². The fourth-order valence-electron chi connectivity index (χ4n) is 0.624. The molecule has 13 heavy (non-hydrogen) atoms. The first-order valence-corrected chi connectivity index (χ1v) is 6.77. The Labute approximate surface area is 75.3 Å². The summed E-state index contributed by atoms with van der Waals surface area (Å²) in [4.78, 5) is 34.3. The third kappa shape index (κ3) is 4.88. The number of nitrogens with two attached hydrogens (primary N) is 1. The first-order chi connectivity index (χ1) is 5.55. The van der Waals surface area contributed by atoms with Crippen LogP contribution in [-0.4, -0.2) is 31.0 Å². The summed E-state index contributed by atoms with van der Waals surface area (Å²) in [6, 6.07) is 0. The standard InChI is InChI=1S/C4H13NO6P2/c1-3(12(6,7)8)2-4(5)13(9,10)11/h3-4H,2,5H2,1H3,(H2,6,7,8)(H2,9,10,11). The average molecular weight is 233 g/mol. The second kappa shape index (κ2) is 4.19. The molecule has 0 fully saturated rings. The van der Waals surface area contributed by atoms with E-state index in [9.17, 15) is 9.13 Å². The summed E-state index contributed by atoms with van der Waals surface area (Å²) in [5.41, 5.74) is 3.90. The SMILES string of the molecule is CC(CC(N)P(=O)(O)O)P(=O)(O)O. The Morgan fingerprint density at radius 2 is 1.54 bits per heavy atom. The Bertz CT molecular complexity index is 229. The smallest absolute Gasteiger partial charge is 0.324 e. The van der Waals surface area contributed by atoms with Crippen LogP contribution in [0.2, 0.25) is 0 Å². The molecule has 0 aromatic carbocycles. The molecule has 0 rings (SSSR count). The van der Waals surface area contributed by atoms with Gasteiger partial charge in [0, 0.05) is 0 Å². The van der Waals surface area contributed by atoms with Crippen molar-refractivity contribution in [1.29, 1.82) is 0 Å².